The smallest absolute Gasteiger partial charge is 0.0512 e. The average Bonchev–Trinajstić information content (AvgIpc) is 1.67. The van der Waals surface area contributed by atoms with Crippen molar-refractivity contribution in [1.82, 2.24) is 0 Å². The Morgan fingerprint density at radius 2 is 1.56 bits per heavy atom. The monoisotopic (exact) mass is 132 g/mol. The zero-order chi connectivity index (χ0) is 7.70. The maximum atomic E-state index is 8.55. The molecule has 0 aromatic carbocycles. The molecule has 0 aliphatic carbocycles. The molecule has 0 aromatic rings. The molecule has 0 saturated carbocycles. The molecule has 0 spiro atoms. The zero-order valence-electron chi connectivity index (χ0n) is 7.15. The van der Waals surface area contributed by atoms with Gasteiger partial charge in [-0.3, -0.25) is 0 Å². The quantitative estimate of drug-likeness (QED) is 0.612. The number of hydrogen-bond acceptors (Lipinski definition) is 1. The van der Waals surface area contributed by atoms with E-state index in [1.165, 1.54) is 6.42 Å². The van der Waals surface area contributed by atoms with Gasteiger partial charge < -0.3 is 5.11 Å². The molecule has 9 heavy (non-hydrogen) atoms. The zero-order valence-corrected chi connectivity index (χ0v) is 7.15. The molecule has 0 unspecified atom stereocenters. The van der Waals surface area contributed by atoms with Crippen LogP contribution in [0.4, 0.5) is 0 Å². The van der Waals surface area contributed by atoms with Gasteiger partial charge in [-0.15, -0.1) is 0 Å². The second-order valence-corrected chi connectivity index (χ2v) is 2.34. The lowest BCUT2D eigenvalue weighted by Crippen LogP contribution is -1.95. The predicted molar refractivity (Wildman–Crippen MR) is 42.6 cm³/mol. The first kappa shape index (κ1) is 11.7. The lowest BCUT2D eigenvalue weighted by atomic mass is 10.2. The topological polar surface area (TPSA) is 20.2 Å². The van der Waals surface area contributed by atoms with E-state index in [9.17, 15) is 0 Å². The van der Waals surface area contributed by atoms with Crippen LogP contribution in [0.3, 0.4) is 0 Å². The Morgan fingerprint density at radius 1 is 1.22 bits per heavy atom. The van der Waals surface area contributed by atoms with E-state index in [0.29, 0.717) is 0 Å². The molecule has 0 rings (SSSR count). The van der Waals surface area contributed by atoms with E-state index in [1.54, 1.807) is 0 Å². The number of aliphatic hydroxyl groups excluding tert-OH is 1. The SMILES string of the molecule is CCC.CCC[C@@H](C)O. The van der Waals surface area contributed by atoms with Crippen LogP contribution in [0, 0.1) is 0 Å². The fourth-order valence-electron chi connectivity index (χ4n) is 0.418. The van der Waals surface area contributed by atoms with E-state index in [0.717, 1.165) is 12.8 Å². The van der Waals surface area contributed by atoms with E-state index < -0.39 is 0 Å². The van der Waals surface area contributed by atoms with Gasteiger partial charge >= 0.3 is 0 Å². The Bertz CT molecular complexity index is 33.5. The molecule has 0 radical (unpaired) electrons. The Morgan fingerprint density at radius 3 is 1.56 bits per heavy atom. The highest BCUT2D eigenvalue weighted by Gasteiger charge is 1.87. The third-order valence-electron chi connectivity index (χ3n) is 0.706. The van der Waals surface area contributed by atoms with Crippen LogP contribution < -0.4 is 0 Å². The predicted octanol–water partition coefficient (Wildman–Crippen LogP) is 2.58. The minimum Gasteiger partial charge on any atom is -0.393 e. The molecule has 0 heterocycles. The van der Waals surface area contributed by atoms with Crippen molar-refractivity contribution in [3.63, 3.8) is 0 Å². The van der Waals surface area contributed by atoms with Crippen LogP contribution in [-0.2, 0) is 0 Å². The van der Waals surface area contributed by atoms with Crippen molar-refractivity contribution in [2.75, 3.05) is 0 Å². The van der Waals surface area contributed by atoms with Gasteiger partial charge in [0.2, 0.25) is 0 Å². The minimum atomic E-state index is -0.102. The van der Waals surface area contributed by atoms with Crippen LogP contribution in [0.5, 0.6) is 0 Å². The van der Waals surface area contributed by atoms with Crippen LogP contribution in [0.2, 0.25) is 0 Å². The fraction of sp³-hybridized carbons (Fsp3) is 1.00. The molecule has 1 nitrogen and oxygen atoms in total. The molecule has 0 aliphatic heterocycles. The lowest BCUT2D eigenvalue weighted by molar-refractivity contribution is 0.183. The summed E-state index contributed by atoms with van der Waals surface area (Å²) in [6, 6.07) is 0. The molecule has 0 aromatic heterocycles. The highest BCUT2D eigenvalue weighted by atomic mass is 16.3. The summed E-state index contributed by atoms with van der Waals surface area (Å²) in [4.78, 5) is 0. The average molecular weight is 132 g/mol. The molecular weight excluding hydrogens is 112 g/mol. The van der Waals surface area contributed by atoms with Crippen LogP contribution in [-0.4, -0.2) is 11.2 Å². The fourth-order valence-corrected chi connectivity index (χ4v) is 0.418. The molecule has 0 bridgehead atoms. The summed E-state index contributed by atoms with van der Waals surface area (Å²) in [7, 11) is 0. The number of rotatable bonds is 2. The summed E-state index contributed by atoms with van der Waals surface area (Å²) in [5.41, 5.74) is 0. The second kappa shape index (κ2) is 10.9. The van der Waals surface area contributed by atoms with Crippen LogP contribution >= 0.6 is 0 Å². The number of hydrogen-bond donors (Lipinski definition) is 1. The van der Waals surface area contributed by atoms with E-state index in [-0.39, 0.29) is 6.10 Å². The molecule has 58 valence electrons. The van der Waals surface area contributed by atoms with Gasteiger partial charge in [0.05, 0.1) is 6.10 Å². The highest BCUT2D eigenvalue weighted by Crippen LogP contribution is 1.91. The first-order valence-electron chi connectivity index (χ1n) is 3.87. The molecule has 0 amide bonds. The van der Waals surface area contributed by atoms with E-state index in [4.69, 9.17) is 5.11 Å². The molecule has 1 heteroatoms. The van der Waals surface area contributed by atoms with Crippen molar-refractivity contribution in [3.8, 4) is 0 Å². The van der Waals surface area contributed by atoms with Crippen molar-refractivity contribution in [2.24, 2.45) is 0 Å². The van der Waals surface area contributed by atoms with Crippen molar-refractivity contribution in [2.45, 2.75) is 53.1 Å². The third kappa shape index (κ3) is 32.3. The van der Waals surface area contributed by atoms with Gasteiger partial charge in [0.1, 0.15) is 0 Å². The molecule has 1 atom stereocenters. The van der Waals surface area contributed by atoms with E-state index >= 15 is 0 Å². The Labute approximate surface area is 59.1 Å². The standard InChI is InChI=1S/C5H12O.C3H8/c1-3-4-5(2)6;1-3-2/h5-6H,3-4H2,1-2H3;3H2,1-2H3/t5-;/m1./s1. The van der Waals surface area contributed by atoms with Crippen molar-refractivity contribution < 1.29 is 5.11 Å². The summed E-state index contributed by atoms with van der Waals surface area (Å²) in [5.74, 6) is 0. The summed E-state index contributed by atoms with van der Waals surface area (Å²) < 4.78 is 0. The summed E-state index contributed by atoms with van der Waals surface area (Å²) in [6.07, 6.45) is 3.16. The van der Waals surface area contributed by atoms with Crippen LogP contribution in [0.1, 0.15) is 47.0 Å². The molecule has 0 aliphatic rings. The molecule has 0 saturated heterocycles. The Kier molecular flexibility index (Phi) is 14.1. The second-order valence-electron chi connectivity index (χ2n) is 2.34. The Hall–Kier alpha value is -0.0400. The van der Waals surface area contributed by atoms with Crippen molar-refractivity contribution >= 4 is 0 Å². The van der Waals surface area contributed by atoms with Gasteiger partial charge in [0.25, 0.3) is 0 Å². The number of aliphatic hydroxyl groups is 1. The highest BCUT2D eigenvalue weighted by molar-refractivity contribution is 4.40. The molecule has 1 N–H and O–H groups in total. The summed E-state index contributed by atoms with van der Waals surface area (Å²) in [6.45, 7) is 8.12. The Balaban J connectivity index is 0. The van der Waals surface area contributed by atoms with Crippen molar-refractivity contribution in [1.29, 1.82) is 0 Å². The summed E-state index contributed by atoms with van der Waals surface area (Å²) in [5, 5.41) is 8.55. The van der Waals surface area contributed by atoms with Gasteiger partial charge in [0, 0.05) is 0 Å². The normalized spacial score (nSPS) is 11.7. The maximum absolute atomic E-state index is 8.55. The van der Waals surface area contributed by atoms with Crippen LogP contribution in [0.25, 0.3) is 0 Å². The van der Waals surface area contributed by atoms with Crippen molar-refractivity contribution in [3.05, 3.63) is 0 Å². The first-order chi connectivity index (χ1) is 4.18. The van der Waals surface area contributed by atoms with E-state index in [1.807, 2.05) is 6.92 Å². The summed E-state index contributed by atoms with van der Waals surface area (Å²) >= 11 is 0. The maximum Gasteiger partial charge on any atom is 0.0512 e. The third-order valence-corrected chi connectivity index (χ3v) is 0.706. The van der Waals surface area contributed by atoms with Gasteiger partial charge in [-0.05, 0) is 13.3 Å². The minimum absolute atomic E-state index is 0.102. The van der Waals surface area contributed by atoms with E-state index in [2.05, 4.69) is 20.8 Å². The lowest BCUT2D eigenvalue weighted by Gasteiger charge is -1.95. The van der Waals surface area contributed by atoms with Gasteiger partial charge in [-0.25, -0.2) is 0 Å². The first-order valence-corrected chi connectivity index (χ1v) is 3.87. The molecular formula is C8H20O. The molecule has 0 fully saturated rings. The van der Waals surface area contributed by atoms with Gasteiger partial charge in [-0.1, -0.05) is 33.6 Å². The van der Waals surface area contributed by atoms with Gasteiger partial charge in [-0.2, -0.15) is 0 Å². The largest absolute Gasteiger partial charge is 0.393 e. The van der Waals surface area contributed by atoms with Crippen LogP contribution in [0.15, 0.2) is 0 Å². The van der Waals surface area contributed by atoms with Gasteiger partial charge in [0.15, 0.2) is 0 Å².